The van der Waals surface area contributed by atoms with Crippen molar-refractivity contribution in [1.29, 1.82) is 0 Å². The Balaban J connectivity index is 1.94. The minimum Gasteiger partial charge on any atom is -0.308 e. The molecule has 1 aliphatic carbocycles. The summed E-state index contributed by atoms with van der Waals surface area (Å²) in [6.07, 6.45) is 0. The lowest BCUT2D eigenvalue weighted by Gasteiger charge is -2.04. The molecule has 0 amide bonds. The lowest BCUT2D eigenvalue weighted by Crippen LogP contribution is -2.21. The van der Waals surface area contributed by atoms with Gasteiger partial charge in [-0.1, -0.05) is 27.7 Å². The highest BCUT2D eigenvalue weighted by Gasteiger charge is 2.64. The van der Waals surface area contributed by atoms with Crippen molar-refractivity contribution < 1.29 is 0 Å². The molecule has 0 unspecified atom stereocenters. The van der Waals surface area contributed by atoms with Crippen LogP contribution in [-0.2, 0) is 6.54 Å². The summed E-state index contributed by atoms with van der Waals surface area (Å²) in [5.74, 6) is 0. The predicted molar refractivity (Wildman–Crippen MR) is 65.0 cm³/mol. The van der Waals surface area contributed by atoms with Gasteiger partial charge in [-0.05, 0) is 17.8 Å². The highest BCUT2D eigenvalue weighted by atomic mass is 32.1. The van der Waals surface area contributed by atoms with Gasteiger partial charge in [-0.25, -0.2) is 4.98 Å². The second-order valence-corrected chi connectivity index (χ2v) is 6.56. The SMILES string of the molecule is Cc1ncsc1CNC1C(C)(C)C1(C)C. The average Bonchev–Trinajstić information content (AvgIpc) is 2.49. The average molecular weight is 224 g/mol. The van der Waals surface area contributed by atoms with Crippen molar-refractivity contribution in [2.24, 2.45) is 10.8 Å². The molecule has 1 saturated carbocycles. The van der Waals surface area contributed by atoms with Crippen LogP contribution in [0.4, 0.5) is 0 Å². The summed E-state index contributed by atoms with van der Waals surface area (Å²) in [7, 11) is 0. The highest BCUT2D eigenvalue weighted by Crippen LogP contribution is 2.62. The van der Waals surface area contributed by atoms with E-state index in [0.717, 1.165) is 6.54 Å². The van der Waals surface area contributed by atoms with Crippen molar-refractivity contribution in [2.45, 2.75) is 47.2 Å². The van der Waals surface area contributed by atoms with Gasteiger partial charge in [0.1, 0.15) is 0 Å². The zero-order chi connectivity index (χ0) is 11.3. The molecule has 2 rings (SSSR count). The van der Waals surface area contributed by atoms with E-state index in [4.69, 9.17) is 0 Å². The zero-order valence-electron chi connectivity index (χ0n) is 10.2. The molecular weight excluding hydrogens is 204 g/mol. The van der Waals surface area contributed by atoms with Crippen LogP contribution >= 0.6 is 11.3 Å². The van der Waals surface area contributed by atoms with E-state index in [-0.39, 0.29) is 0 Å². The first-order valence-electron chi connectivity index (χ1n) is 5.49. The normalized spacial score (nSPS) is 23.0. The monoisotopic (exact) mass is 224 g/mol. The van der Waals surface area contributed by atoms with E-state index >= 15 is 0 Å². The molecule has 0 aliphatic heterocycles. The predicted octanol–water partition coefficient (Wildman–Crippen LogP) is 2.98. The summed E-state index contributed by atoms with van der Waals surface area (Å²) in [5.41, 5.74) is 3.94. The van der Waals surface area contributed by atoms with Crippen LogP contribution in [-0.4, -0.2) is 11.0 Å². The molecule has 1 aliphatic rings. The number of nitrogens with one attached hydrogen (secondary N) is 1. The molecular formula is C12H20N2S. The number of aromatic nitrogens is 1. The van der Waals surface area contributed by atoms with E-state index in [1.807, 2.05) is 5.51 Å². The first kappa shape index (κ1) is 11.1. The van der Waals surface area contributed by atoms with Crippen LogP contribution < -0.4 is 5.32 Å². The van der Waals surface area contributed by atoms with Crippen molar-refractivity contribution >= 4 is 11.3 Å². The van der Waals surface area contributed by atoms with Gasteiger partial charge in [0, 0.05) is 17.5 Å². The number of rotatable bonds is 3. The summed E-state index contributed by atoms with van der Waals surface area (Å²) >= 11 is 1.75. The molecule has 0 spiro atoms. The van der Waals surface area contributed by atoms with Gasteiger partial charge < -0.3 is 5.32 Å². The largest absolute Gasteiger partial charge is 0.308 e. The number of nitrogens with zero attached hydrogens (tertiary/aromatic N) is 1. The van der Waals surface area contributed by atoms with Crippen LogP contribution in [0.1, 0.15) is 38.3 Å². The van der Waals surface area contributed by atoms with Crippen LogP contribution in [0, 0.1) is 17.8 Å². The van der Waals surface area contributed by atoms with Gasteiger partial charge in [0.25, 0.3) is 0 Å². The van der Waals surface area contributed by atoms with E-state index in [9.17, 15) is 0 Å². The first-order chi connectivity index (χ1) is 6.87. The third kappa shape index (κ3) is 1.62. The molecule has 0 aromatic carbocycles. The van der Waals surface area contributed by atoms with Crippen molar-refractivity contribution in [3.63, 3.8) is 0 Å². The van der Waals surface area contributed by atoms with Crippen molar-refractivity contribution in [1.82, 2.24) is 10.3 Å². The topological polar surface area (TPSA) is 24.9 Å². The lowest BCUT2D eigenvalue weighted by molar-refractivity contribution is 0.457. The summed E-state index contributed by atoms with van der Waals surface area (Å²) in [6.45, 7) is 12.4. The lowest BCUT2D eigenvalue weighted by atomic mass is 10.0. The standard InChI is InChI=1S/C12H20N2S/c1-8-9(15-7-14-8)6-13-10-11(2,3)12(10,4)5/h7,10,13H,6H2,1-5H3. The molecule has 2 nitrogen and oxygen atoms in total. The van der Waals surface area contributed by atoms with E-state index in [1.54, 1.807) is 11.3 Å². The first-order valence-corrected chi connectivity index (χ1v) is 6.37. The van der Waals surface area contributed by atoms with Crippen molar-refractivity contribution in [3.05, 3.63) is 16.1 Å². The number of hydrogen-bond acceptors (Lipinski definition) is 3. The molecule has 1 N–H and O–H groups in total. The van der Waals surface area contributed by atoms with Gasteiger partial charge >= 0.3 is 0 Å². The molecule has 1 aromatic heterocycles. The second kappa shape index (κ2) is 3.29. The Labute approximate surface area is 96.1 Å². The molecule has 84 valence electrons. The molecule has 1 heterocycles. The summed E-state index contributed by atoms with van der Waals surface area (Å²) in [4.78, 5) is 5.64. The van der Waals surface area contributed by atoms with Crippen LogP contribution in [0.5, 0.6) is 0 Å². The quantitative estimate of drug-likeness (QED) is 0.854. The fourth-order valence-electron chi connectivity index (χ4n) is 2.40. The van der Waals surface area contributed by atoms with E-state index in [1.165, 1.54) is 10.6 Å². The van der Waals surface area contributed by atoms with Crippen LogP contribution in [0.15, 0.2) is 5.51 Å². The van der Waals surface area contributed by atoms with Gasteiger partial charge in [-0.2, -0.15) is 0 Å². The van der Waals surface area contributed by atoms with Crippen molar-refractivity contribution in [3.8, 4) is 0 Å². The van der Waals surface area contributed by atoms with Crippen molar-refractivity contribution in [2.75, 3.05) is 0 Å². The van der Waals surface area contributed by atoms with E-state index in [2.05, 4.69) is 44.9 Å². The highest BCUT2D eigenvalue weighted by molar-refractivity contribution is 7.09. The smallest absolute Gasteiger partial charge is 0.0798 e. The summed E-state index contributed by atoms with van der Waals surface area (Å²) in [5, 5.41) is 3.65. The number of aryl methyl sites for hydroxylation is 1. The van der Waals surface area contributed by atoms with Gasteiger partial charge in [0.15, 0.2) is 0 Å². The second-order valence-electron chi connectivity index (χ2n) is 5.62. The molecule has 0 radical (unpaired) electrons. The minimum absolute atomic E-state index is 0.422. The summed E-state index contributed by atoms with van der Waals surface area (Å²) < 4.78 is 0. The Kier molecular flexibility index (Phi) is 2.43. The molecule has 1 fully saturated rings. The molecule has 1 aromatic rings. The maximum absolute atomic E-state index is 4.27. The van der Waals surface area contributed by atoms with Crippen LogP contribution in [0.3, 0.4) is 0 Å². The van der Waals surface area contributed by atoms with E-state index < -0.39 is 0 Å². The number of thiazole rings is 1. The molecule has 0 atom stereocenters. The van der Waals surface area contributed by atoms with Gasteiger partial charge in [-0.3, -0.25) is 0 Å². The Morgan fingerprint density at radius 1 is 1.33 bits per heavy atom. The van der Waals surface area contributed by atoms with Gasteiger partial charge in [0.05, 0.1) is 11.2 Å². The van der Waals surface area contributed by atoms with E-state index in [0.29, 0.717) is 16.9 Å². The Hall–Kier alpha value is -0.410. The maximum Gasteiger partial charge on any atom is 0.0798 e. The molecule has 15 heavy (non-hydrogen) atoms. The molecule has 0 bridgehead atoms. The Morgan fingerprint density at radius 2 is 1.93 bits per heavy atom. The number of hydrogen-bond donors (Lipinski definition) is 1. The third-order valence-corrected chi connectivity index (χ3v) is 5.27. The molecule has 3 heteroatoms. The fourth-order valence-corrected chi connectivity index (χ4v) is 3.13. The zero-order valence-corrected chi connectivity index (χ0v) is 11.0. The van der Waals surface area contributed by atoms with Gasteiger partial charge in [-0.15, -0.1) is 11.3 Å². The minimum atomic E-state index is 0.422. The van der Waals surface area contributed by atoms with Gasteiger partial charge in [0.2, 0.25) is 0 Å². The Bertz CT molecular complexity index is 351. The fraction of sp³-hybridized carbons (Fsp3) is 0.750. The molecule has 0 saturated heterocycles. The maximum atomic E-state index is 4.27. The summed E-state index contributed by atoms with van der Waals surface area (Å²) in [6, 6.07) is 0.631. The third-order valence-electron chi connectivity index (χ3n) is 4.33. The van der Waals surface area contributed by atoms with Crippen LogP contribution in [0.25, 0.3) is 0 Å². The van der Waals surface area contributed by atoms with Crippen LogP contribution in [0.2, 0.25) is 0 Å². The Morgan fingerprint density at radius 3 is 2.33 bits per heavy atom.